The molecule has 1 saturated carbocycles. The maximum absolute atomic E-state index is 6.64. The standard InChI is InChI=1S/C23H27NO/c1-14-6-8-17-12-19-18-9-7-15(2)22-23(18,20(17)21(14)25-22)10-11-24(19)13-16-4-3-5-16/h6-9,16,19,22H,3-5,10-13H2,1-2H3/t19-,22+,23+/m0/s1. The highest BCUT2D eigenvalue weighted by Crippen LogP contribution is 2.61. The van der Waals surface area contributed by atoms with Crippen molar-refractivity contribution in [2.24, 2.45) is 5.92 Å². The van der Waals surface area contributed by atoms with Crippen LogP contribution in [0.1, 0.15) is 49.3 Å². The van der Waals surface area contributed by atoms with Crippen molar-refractivity contribution in [1.29, 1.82) is 0 Å². The second kappa shape index (κ2) is 4.79. The molecule has 5 aliphatic rings. The van der Waals surface area contributed by atoms with Crippen LogP contribution in [-0.4, -0.2) is 30.1 Å². The van der Waals surface area contributed by atoms with Gasteiger partial charge in [0.1, 0.15) is 11.9 Å². The number of likely N-dealkylation sites (tertiary alicyclic amines) is 1. The Morgan fingerprint density at radius 2 is 2.08 bits per heavy atom. The number of ether oxygens (including phenoxy) is 1. The van der Waals surface area contributed by atoms with E-state index in [9.17, 15) is 0 Å². The molecule has 0 unspecified atom stereocenters. The van der Waals surface area contributed by atoms with Gasteiger partial charge < -0.3 is 4.74 Å². The largest absolute Gasteiger partial charge is 0.484 e. The van der Waals surface area contributed by atoms with Crippen LogP contribution in [0, 0.1) is 12.8 Å². The van der Waals surface area contributed by atoms with Gasteiger partial charge in [-0.1, -0.05) is 30.7 Å². The third-order valence-electron chi connectivity index (χ3n) is 7.75. The van der Waals surface area contributed by atoms with Crippen LogP contribution in [0.3, 0.4) is 0 Å². The molecule has 2 aliphatic heterocycles. The lowest BCUT2D eigenvalue weighted by molar-refractivity contribution is 0.0712. The van der Waals surface area contributed by atoms with Crippen molar-refractivity contribution in [1.82, 2.24) is 4.90 Å². The number of hydrogen-bond acceptors (Lipinski definition) is 2. The predicted octanol–water partition coefficient (Wildman–Crippen LogP) is 4.31. The molecule has 3 aliphatic carbocycles. The number of benzene rings is 1. The SMILES string of the molecule is CC1=CC=C2[C@@H]3Cc4ccc(C)c5c4[C@]2(CCN3CC2CCC2)[C@@H]1O5. The zero-order valence-electron chi connectivity index (χ0n) is 15.3. The van der Waals surface area contributed by atoms with Crippen molar-refractivity contribution < 1.29 is 4.74 Å². The maximum Gasteiger partial charge on any atom is 0.133 e. The van der Waals surface area contributed by atoms with E-state index in [4.69, 9.17) is 4.74 Å². The molecule has 0 N–H and O–H groups in total. The van der Waals surface area contributed by atoms with Crippen LogP contribution >= 0.6 is 0 Å². The van der Waals surface area contributed by atoms with Crippen LogP contribution in [0.4, 0.5) is 0 Å². The lowest BCUT2D eigenvalue weighted by Crippen LogP contribution is -2.60. The third-order valence-corrected chi connectivity index (χ3v) is 7.75. The molecule has 1 saturated heterocycles. The van der Waals surface area contributed by atoms with Gasteiger partial charge in [-0.05, 0) is 67.7 Å². The van der Waals surface area contributed by atoms with Crippen LogP contribution in [0.2, 0.25) is 0 Å². The molecule has 1 aromatic rings. The first kappa shape index (κ1) is 14.6. The van der Waals surface area contributed by atoms with E-state index >= 15 is 0 Å². The van der Waals surface area contributed by atoms with Gasteiger partial charge in [0, 0.05) is 24.7 Å². The molecule has 2 bridgehead atoms. The number of nitrogens with zero attached hydrogens (tertiary/aromatic N) is 1. The molecule has 0 amide bonds. The highest BCUT2D eigenvalue weighted by Gasteiger charge is 2.60. The summed E-state index contributed by atoms with van der Waals surface area (Å²) in [6, 6.07) is 5.26. The molecule has 25 heavy (non-hydrogen) atoms. The molecular formula is C23H27NO. The summed E-state index contributed by atoms with van der Waals surface area (Å²) in [4.78, 5) is 2.81. The molecule has 6 rings (SSSR count). The Hall–Kier alpha value is -1.54. The summed E-state index contributed by atoms with van der Waals surface area (Å²) in [5.74, 6) is 2.15. The maximum atomic E-state index is 6.64. The van der Waals surface area contributed by atoms with Gasteiger partial charge in [-0.2, -0.15) is 0 Å². The summed E-state index contributed by atoms with van der Waals surface area (Å²) in [6.07, 6.45) is 11.8. The molecule has 130 valence electrons. The molecule has 1 spiro atoms. The number of aryl methyl sites for hydroxylation is 1. The van der Waals surface area contributed by atoms with Gasteiger partial charge in [0.15, 0.2) is 0 Å². The predicted molar refractivity (Wildman–Crippen MR) is 100 cm³/mol. The lowest BCUT2D eigenvalue weighted by atomic mass is 9.56. The van der Waals surface area contributed by atoms with Gasteiger partial charge in [0.25, 0.3) is 0 Å². The molecule has 0 aromatic heterocycles. The second-order valence-corrected chi connectivity index (χ2v) is 9.01. The van der Waals surface area contributed by atoms with Crippen LogP contribution in [0.25, 0.3) is 0 Å². The van der Waals surface area contributed by atoms with Crippen molar-refractivity contribution in [3.63, 3.8) is 0 Å². The van der Waals surface area contributed by atoms with E-state index in [1.54, 1.807) is 16.7 Å². The minimum Gasteiger partial charge on any atom is -0.484 e. The fraction of sp³-hybridized carbons (Fsp3) is 0.565. The molecule has 1 aromatic carbocycles. The normalized spacial score (nSPS) is 35.4. The number of rotatable bonds is 2. The Labute approximate surface area is 150 Å². The third kappa shape index (κ3) is 1.70. The van der Waals surface area contributed by atoms with Crippen molar-refractivity contribution in [2.75, 3.05) is 13.1 Å². The van der Waals surface area contributed by atoms with Crippen LogP contribution in [0.15, 0.2) is 35.4 Å². The first-order valence-electron chi connectivity index (χ1n) is 10.1. The summed E-state index contributed by atoms with van der Waals surface area (Å²) in [7, 11) is 0. The summed E-state index contributed by atoms with van der Waals surface area (Å²) >= 11 is 0. The minimum atomic E-state index is 0.133. The quantitative estimate of drug-likeness (QED) is 0.799. The Morgan fingerprint density at radius 1 is 1.20 bits per heavy atom. The minimum absolute atomic E-state index is 0.133. The fourth-order valence-corrected chi connectivity index (χ4v) is 6.28. The zero-order chi connectivity index (χ0) is 16.8. The number of hydrogen-bond donors (Lipinski definition) is 0. The van der Waals surface area contributed by atoms with E-state index in [0.717, 1.165) is 5.92 Å². The first-order valence-corrected chi connectivity index (χ1v) is 10.1. The Balaban J connectivity index is 1.52. The fourth-order valence-electron chi connectivity index (χ4n) is 6.28. The summed E-state index contributed by atoms with van der Waals surface area (Å²) in [6.45, 7) is 7.01. The van der Waals surface area contributed by atoms with E-state index in [0.29, 0.717) is 6.04 Å². The van der Waals surface area contributed by atoms with Crippen LogP contribution in [0.5, 0.6) is 5.75 Å². The van der Waals surface area contributed by atoms with Crippen molar-refractivity contribution in [3.05, 3.63) is 52.1 Å². The Kier molecular flexibility index (Phi) is 2.80. The topological polar surface area (TPSA) is 12.5 Å². The summed E-state index contributed by atoms with van der Waals surface area (Å²) in [5.41, 5.74) is 7.61. The number of piperidine rings is 1. The molecule has 0 radical (unpaired) electrons. The summed E-state index contributed by atoms with van der Waals surface area (Å²) < 4.78 is 6.64. The summed E-state index contributed by atoms with van der Waals surface area (Å²) in [5, 5.41) is 0. The van der Waals surface area contributed by atoms with Crippen LogP contribution < -0.4 is 4.74 Å². The highest BCUT2D eigenvalue weighted by atomic mass is 16.5. The molecule has 2 heteroatoms. The van der Waals surface area contributed by atoms with E-state index < -0.39 is 0 Å². The average molecular weight is 333 g/mol. The molecule has 3 atom stereocenters. The average Bonchev–Trinajstić information content (AvgIpc) is 2.92. The van der Waals surface area contributed by atoms with Gasteiger partial charge in [0.05, 0.1) is 5.41 Å². The first-order chi connectivity index (χ1) is 12.2. The molecule has 2 fully saturated rings. The van der Waals surface area contributed by atoms with E-state index in [2.05, 4.69) is 43.0 Å². The Morgan fingerprint density at radius 3 is 2.88 bits per heavy atom. The Bertz CT molecular complexity index is 831. The van der Waals surface area contributed by atoms with Gasteiger partial charge in [0.2, 0.25) is 0 Å². The van der Waals surface area contributed by atoms with Gasteiger partial charge >= 0.3 is 0 Å². The van der Waals surface area contributed by atoms with Gasteiger partial charge in [-0.3, -0.25) is 4.90 Å². The second-order valence-electron chi connectivity index (χ2n) is 9.01. The highest BCUT2D eigenvalue weighted by molar-refractivity contribution is 5.66. The number of allylic oxidation sites excluding steroid dienone is 2. The lowest BCUT2D eigenvalue weighted by Gasteiger charge is -2.54. The van der Waals surface area contributed by atoms with Crippen LogP contribution in [-0.2, 0) is 11.8 Å². The van der Waals surface area contributed by atoms with E-state index in [1.165, 1.54) is 62.1 Å². The van der Waals surface area contributed by atoms with Gasteiger partial charge in [-0.15, -0.1) is 0 Å². The molecule has 2 nitrogen and oxygen atoms in total. The molecular weight excluding hydrogens is 306 g/mol. The van der Waals surface area contributed by atoms with Crippen molar-refractivity contribution >= 4 is 0 Å². The van der Waals surface area contributed by atoms with E-state index in [1.807, 2.05) is 0 Å². The van der Waals surface area contributed by atoms with Crippen molar-refractivity contribution in [3.8, 4) is 5.75 Å². The van der Waals surface area contributed by atoms with Crippen molar-refractivity contribution in [2.45, 2.75) is 63.5 Å². The molecule has 2 heterocycles. The van der Waals surface area contributed by atoms with E-state index in [-0.39, 0.29) is 11.5 Å². The smallest absolute Gasteiger partial charge is 0.133 e. The van der Waals surface area contributed by atoms with Gasteiger partial charge in [-0.25, -0.2) is 0 Å². The monoisotopic (exact) mass is 333 g/mol. The zero-order valence-corrected chi connectivity index (χ0v) is 15.3.